The molecular formula is C7H7Cl3O2. The number of rotatable bonds is 3. The first-order valence-electron chi connectivity index (χ1n) is 2.93. The van der Waals surface area contributed by atoms with Crippen molar-refractivity contribution in [3.05, 3.63) is 23.3 Å². The Kier molecular flexibility index (Phi) is 4.11. The minimum absolute atomic E-state index is 0.0156. The molecule has 0 bridgehead atoms. The van der Waals surface area contributed by atoms with Crippen molar-refractivity contribution in [3.63, 3.8) is 0 Å². The molecule has 0 atom stereocenters. The van der Waals surface area contributed by atoms with Crippen LogP contribution in [0.5, 0.6) is 0 Å². The zero-order chi connectivity index (χ0) is 9.94. The zero-order valence-electron chi connectivity index (χ0n) is 6.27. The van der Waals surface area contributed by atoms with E-state index >= 15 is 0 Å². The number of alkyl halides is 2. The van der Waals surface area contributed by atoms with Gasteiger partial charge in [0.25, 0.3) is 0 Å². The van der Waals surface area contributed by atoms with Crippen LogP contribution in [0.15, 0.2) is 23.3 Å². The van der Waals surface area contributed by atoms with Crippen LogP contribution < -0.4 is 0 Å². The molecule has 0 saturated carbocycles. The van der Waals surface area contributed by atoms with Gasteiger partial charge in [0.2, 0.25) is 0 Å². The van der Waals surface area contributed by atoms with Crippen LogP contribution in [0.2, 0.25) is 0 Å². The normalized spacial score (nSPS) is 12.8. The number of carbonyl (C=O) groups is 1. The van der Waals surface area contributed by atoms with Crippen molar-refractivity contribution in [2.24, 2.45) is 0 Å². The summed E-state index contributed by atoms with van der Waals surface area (Å²) in [7, 11) is 0. The van der Waals surface area contributed by atoms with Crippen LogP contribution in [0.1, 0.15) is 6.92 Å². The van der Waals surface area contributed by atoms with E-state index in [0.717, 1.165) is 6.08 Å². The van der Waals surface area contributed by atoms with Crippen LogP contribution in [0.4, 0.5) is 0 Å². The fourth-order valence-electron chi connectivity index (χ4n) is 0.412. The van der Waals surface area contributed by atoms with Gasteiger partial charge in [-0.05, 0) is 13.0 Å². The molecule has 0 aliphatic rings. The molecule has 0 aliphatic carbocycles. The Morgan fingerprint density at radius 3 is 2.25 bits per heavy atom. The number of carboxylic acid groups (broad SMARTS) is 1. The average Bonchev–Trinajstić information content (AvgIpc) is 1.85. The van der Waals surface area contributed by atoms with E-state index in [0.29, 0.717) is 0 Å². The van der Waals surface area contributed by atoms with E-state index in [2.05, 4.69) is 6.58 Å². The van der Waals surface area contributed by atoms with Crippen LogP contribution in [-0.2, 0) is 4.79 Å². The molecule has 12 heavy (non-hydrogen) atoms. The van der Waals surface area contributed by atoms with Gasteiger partial charge in [-0.2, -0.15) is 0 Å². The first-order valence-corrected chi connectivity index (χ1v) is 4.06. The Labute approximate surface area is 85.4 Å². The number of halogens is 3. The van der Waals surface area contributed by atoms with Gasteiger partial charge < -0.3 is 5.11 Å². The highest BCUT2D eigenvalue weighted by atomic mass is 35.5. The van der Waals surface area contributed by atoms with Gasteiger partial charge in [0, 0.05) is 5.57 Å². The largest absolute Gasteiger partial charge is 0.478 e. The van der Waals surface area contributed by atoms with Crippen LogP contribution in [0, 0.1) is 0 Å². The SMILES string of the molecule is C=C(Cl)C(Cl)(Cl)/C=C(\C)C(=O)O. The highest BCUT2D eigenvalue weighted by molar-refractivity contribution is 6.57. The second-order valence-corrected chi connectivity index (χ2v) is 4.00. The van der Waals surface area contributed by atoms with Gasteiger partial charge >= 0.3 is 5.97 Å². The Morgan fingerprint density at radius 1 is 1.58 bits per heavy atom. The molecule has 0 aromatic heterocycles. The Bertz CT molecular complexity index is 243. The summed E-state index contributed by atoms with van der Waals surface area (Å²) in [4.78, 5) is 10.3. The molecule has 0 aromatic rings. The Balaban J connectivity index is 4.73. The van der Waals surface area contributed by atoms with Crippen molar-refractivity contribution in [3.8, 4) is 0 Å². The molecule has 0 rings (SSSR count). The highest BCUT2D eigenvalue weighted by Crippen LogP contribution is 2.33. The van der Waals surface area contributed by atoms with E-state index in [1.165, 1.54) is 6.92 Å². The lowest BCUT2D eigenvalue weighted by atomic mass is 10.2. The molecule has 0 unspecified atom stereocenters. The summed E-state index contributed by atoms with van der Waals surface area (Å²) in [6, 6.07) is 0. The summed E-state index contributed by atoms with van der Waals surface area (Å²) < 4.78 is -1.52. The standard InChI is InChI=1S/C7H7Cl3O2/c1-4(6(11)12)3-7(9,10)5(2)8/h3H,2H2,1H3,(H,11,12)/b4-3+. The van der Waals surface area contributed by atoms with Crippen LogP contribution in [0.3, 0.4) is 0 Å². The summed E-state index contributed by atoms with van der Waals surface area (Å²) in [5, 5.41) is 8.43. The fourth-order valence-corrected chi connectivity index (χ4v) is 0.794. The first kappa shape index (κ1) is 11.8. The molecular weight excluding hydrogens is 222 g/mol. The molecule has 2 nitrogen and oxygen atoms in total. The average molecular weight is 229 g/mol. The van der Waals surface area contributed by atoms with Crippen molar-refractivity contribution >= 4 is 40.8 Å². The van der Waals surface area contributed by atoms with Crippen molar-refractivity contribution in [2.75, 3.05) is 0 Å². The molecule has 68 valence electrons. The minimum atomic E-state index is -1.52. The highest BCUT2D eigenvalue weighted by Gasteiger charge is 2.24. The van der Waals surface area contributed by atoms with E-state index < -0.39 is 10.3 Å². The second-order valence-electron chi connectivity index (χ2n) is 2.16. The lowest BCUT2D eigenvalue weighted by molar-refractivity contribution is -0.132. The number of hydrogen-bond acceptors (Lipinski definition) is 1. The number of hydrogen-bond donors (Lipinski definition) is 1. The van der Waals surface area contributed by atoms with Crippen LogP contribution >= 0.6 is 34.8 Å². The van der Waals surface area contributed by atoms with Crippen molar-refractivity contribution in [2.45, 2.75) is 11.3 Å². The number of aliphatic carboxylic acids is 1. The molecule has 1 N–H and O–H groups in total. The smallest absolute Gasteiger partial charge is 0.331 e. The van der Waals surface area contributed by atoms with E-state index in [4.69, 9.17) is 39.9 Å². The number of carboxylic acids is 1. The fraction of sp³-hybridized carbons (Fsp3) is 0.286. The minimum Gasteiger partial charge on any atom is -0.478 e. The van der Waals surface area contributed by atoms with E-state index in [1.807, 2.05) is 0 Å². The van der Waals surface area contributed by atoms with Crippen molar-refractivity contribution in [1.82, 2.24) is 0 Å². The Morgan fingerprint density at radius 2 is 2.00 bits per heavy atom. The molecule has 5 heteroatoms. The molecule has 0 amide bonds. The maximum absolute atomic E-state index is 10.3. The molecule has 0 fully saturated rings. The molecule has 0 radical (unpaired) electrons. The molecule has 0 aliphatic heterocycles. The topological polar surface area (TPSA) is 37.3 Å². The van der Waals surface area contributed by atoms with Gasteiger partial charge in [0.15, 0.2) is 4.33 Å². The monoisotopic (exact) mass is 228 g/mol. The maximum atomic E-state index is 10.3. The van der Waals surface area contributed by atoms with E-state index in [1.54, 1.807) is 0 Å². The van der Waals surface area contributed by atoms with E-state index in [9.17, 15) is 4.79 Å². The van der Waals surface area contributed by atoms with Gasteiger partial charge in [-0.1, -0.05) is 41.4 Å². The predicted molar refractivity (Wildman–Crippen MR) is 50.8 cm³/mol. The molecule has 0 spiro atoms. The molecule has 0 saturated heterocycles. The quantitative estimate of drug-likeness (QED) is 0.597. The summed E-state index contributed by atoms with van der Waals surface area (Å²) in [5.74, 6) is -1.10. The van der Waals surface area contributed by atoms with Gasteiger partial charge in [0.1, 0.15) is 0 Å². The summed E-state index contributed by atoms with van der Waals surface area (Å²) in [5.41, 5.74) is 0.0156. The van der Waals surface area contributed by atoms with Crippen LogP contribution in [0.25, 0.3) is 0 Å². The van der Waals surface area contributed by atoms with Gasteiger partial charge in [0.05, 0.1) is 5.03 Å². The summed E-state index contributed by atoms with van der Waals surface area (Å²) >= 11 is 16.6. The van der Waals surface area contributed by atoms with Crippen molar-refractivity contribution in [1.29, 1.82) is 0 Å². The van der Waals surface area contributed by atoms with Gasteiger partial charge in [-0.3, -0.25) is 0 Å². The Hall–Kier alpha value is -0.180. The van der Waals surface area contributed by atoms with Crippen LogP contribution in [-0.4, -0.2) is 15.4 Å². The first-order chi connectivity index (χ1) is 5.27. The third kappa shape index (κ3) is 3.48. The third-order valence-corrected chi connectivity index (χ3v) is 2.26. The lowest BCUT2D eigenvalue weighted by Gasteiger charge is -2.12. The lowest BCUT2D eigenvalue weighted by Crippen LogP contribution is -2.11. The summed E-state index contributed by atoms with van der Waals surface area (Å²) in [6.07, 6.45) is 1.12. The van der Waals surface area contributed by atoms with Crippen molar-refractivity contribution < 1.29 is 9.90 Å². The van der Waals surface area contributed by atoms with E-state index in [-0.39, 0.29) is 10.6 Å². The number of allylic oxidation sites excluding steroid dienone is 2. The predicted octanol–water partition coefficient (Wildman–Crippen LogP) is 2.94. The zero-order valence-corrected chi connectivity index (χ0v) is 8.54. The van der Waals surface area contributed by atoms with Gasteiger partial charge in [-0.15, -0.1) is 0 Å². The summed E-state index contributed by atoms with van der Waals surface area (Å²) in [6.45, 7) is 4.67. The molecule has 0 aromatic carbocycles. The third-order valence-electron chi connectivity index (χ3n) is 1.10. The molecule has 0 heterocycles. The maximum Gasteiger partial charge on any atom is 0.331 e. The second kappa shape index (κ2) is 4.17. The van der Waals surface area contributed by atoms with Gasteiger partial charge in [-0.25, -0.2) is 4.79 Å².